The van der Waals surface area contributed by atoms with Gasteiger partial charge in [0.05, 0.1) is 0 Å². The first-order valence-electron chi connectivity index (χ1n) is 10.6. The molecule has 1 saturated heterocycles. The van der Waals surface area contributed by atoms with Crippen molar-refractivity contribution in [3.05, 3.63) is 60.2 Å². The van der Waals surface area contributed by atoms with Gasteiger partial charge >= 0.3 is 0 Å². The molecule has 2 aromatic carbocycles. The van der Waals surface area contributed by atoms with Gasteiger partial charge in [-0.25, -0.2) is 0 Å². The number of hydrogen-bond donors (Lipinski definition) is 1. The second-order valence-electron chi connectivity index (χ2n) is 7.57. The minimum absolute atomic E-state index is 0.0119. The van der Waals surface area contributed by atoms with Crippen molar-refractivity contribution in [2.45, 2.75) is 39.0 Å². The van der Waals surface area contributed by atoms with Crippen molar-refractivity contribution < 1.29 is 9.59 Å². The first kappa shape index (κ1) is 20.9. The molecule has 1 aliphatic heterocycles. The molecule has 0 atom stereocenters. The standard InChI is InChI=1S/C24H31N3O2/c1-20(28)27(19-16-25-24(29)15-10-21-8-4-2-5-9-21)23-13-11-22(12-14-23)26-17-6-3-7-18-26/h2,4-5,8-9,11-14H,3,6-7,10,15-19H2,1H3,(H,25,29). The summed E-state index contributed by atoms with van der Waals surface area (Å²) in [5.41, 5.74) is 3.24. The molecule has 1 N–H and O–H groups in total. The van der Waals surface area contributed by atoms with Crippen molar-refractivity contribution >= 4 is 23.2 Å². The average molecular weight is 394 g/mol. The van der Waals surface area contributed by atoms with Gasteiger partial charge in [0.1, 0.15) is 0 Å². The number of aryl methyl sites for hydroxylation is 1. The monoisotopic (exact) mass is 393 g/mol. The van der Waals surface area contributed by atoms with Crippen LogP contribution >= 0.6 is 0 Å². The average Bonchev–Trinajstić information content (AvgIpc) is 2.76. The molecule has 5 nitrogen and oxygen atoms in total. The molecule has 1 heterocycles. The number of benzene rings is 2. The Morgan fingerprint density at radius 2 is 1.66 bits per heavy atom. The van der Waals surface area contributed by atoms with E-state index < -0.39 is 0 Å². The zero-order valence-electron chi connectivity index (χ0n) is 17.3. The summed E-state index contributed by atoms with van der Waals surface area (Å²) in [5, 5.41) is 2.93. The van der Waals surface area contributed by atoms with Crippen molar-refractivity contribution in [3.63, 3.8) is 0 Å². The predicted molar refractivity (Wildman–Crippen MR) is 118 cm³/mol. The summed E-state index contributed by atoms with van der Waals surface area (Å²) in [6.45, 7) is 4.68. The second-order valence-corrected chi connectivity index (χ2v) is 7.57. The molecule has 0 saturated carbocycles. The minimum Gasteiger partial charge on any atom is -0.372 e. The molecule has 154 valence electrons. The van der Waals surface area contributed by atoms with Crippen molar-refractivity contribution in [2.24, 2.45) is 0 Å². The smallest absolute Gasteiger partial charge is 0.223 e. The van der Waals surface area contributed by atoms with Crippen LogP contribution in [0.15, 0.2) is 54.6 Å². The Balaban J connectivity index is 1.48. The van der Waals surface area contributed by atoms with Crippen LogP contribution in [0.4, 0.5) is 11.4 Å². The van der Waals surface area contributed by atoms with Gasteiger partial charge in [0.25, 0.3) is 0 Å². The first-order valence-corrected chi connectivity index (χ1v) is 10.6. The highest BCUT2D eigenvalue weighted by molar-refractivity contribution is 5.91. The molecule has 2 amide bonds. The molecule has 2 aromatic rings. The molecule has 29 heavy (non-hydrogen) atoms. The molecule has 3 rings (SSSR count). The van der Waals surface area contributed by atoms with Crippen LogP contribution in [0, 0.1) is 0 Å². The van der Waals surface area contributed by atoms with E-state index in [-0.39, 0.29) is 11.8 Å². The maximum atomic E-state index is 12.1. The molecule has 0 radical (unpaired) electrons. The van der Waals surface area contributed by atoms with Crippen molar-refractivity contribution in [2.75, 3.05) is 36.0 Å². The van der Waals surface area contributed by atoms with Crippen molar-refractivity contribution in [3.8, 4) is 0 Å². The van der Waals surface area contributed by atoms with Gasteiger partial charge in [-0.3, -0.25) is 9.59 Å². The van der Waals surface area contributed by atoms with Gasteiger partial charge < -0.3 is 15.1 Å². The Hall–Kier alpha value is -2.82. The van der Waals surface area contributed by atoms with Gasteiger partial charge in [-0.05, 0) is 55.5 Å². The highest BCUT2D eigenvalue weighted by Gasteiger charge is 2.14. The quantitative estimate of drug-likeness (QED) is 0.743. The summed E-state index contributed by atoms with van der Waals surface area (Å²) in [7, 11) is 0. The highest BCUT2D eigenvalue weighted by Crippen LogP contribution is 2.23. The predicted octanol–water partition coefficient (Wildman–Crippen LogP) is 3.78. The van der Waals surface area contributed by atoms with E-state index in [1.807, 2.05) is 42.5 Å². The Labute approximate surface area is 173 Å². The summed E-state index contributed by atoms with van der Waals surface area (Å²) < 4.78 is 0. The van der Waals surface area contributed by atoms with Crippen LogP contribution in [0.5, 0.6) is 0 Å². The molecule has 0 aromatic heterocycles. The normalized spacial score (nSPS) is 13.8. The fraction of sp³-hybridized carbons (Fsp3) is 0.417. The van der Waals surface area contributed by atoms with Crippen LogP contribution in [0.1, 0.15) is 38.2 Å². The lowest BCUT2D eigenvalue weighted by molar-refractivity contribution is -0.121. The van der Waals surface area contributed by atoms with E-state index in [0.29, 0.717) is 19.5 Å². The summed E-state index contributed by atoms with van der Waals surface area (Å²) in [6, 6.07) is 18.2. The van der Waals surface area contributed by atoms with Gasteiger partial charge in [-0.1, -0.05) is 30.3 Å². The molecular formula is C24H31N3O2. The SMILES string of the molecule is CC(=O)N(CCNC(=O)CCc1ccccc1)c1ccc(N2CCCCC2)cc1. The molecule has 0 spiro atoms. The third-order valence-corrected chi connectivity index (χ3v) is 5.40. The van der Waals surface area contributed by atoms with E-state index in [0.717, 1.165) is 30.8 Å². The van der Waals surface area contributed by atoms with Gasteiger partial charge in [0, 0.05) is 50.9 Å². The zero-order valence-corrected chi connectivity index (χ0v) is 17.3. The maximum Gasteiger partial charge on any atom is 0.223 e. The largest absolute Gasteiger partial charge is 0.372 e. The van der Waals surface area contributed by atoms with E-state index >= 15 is 0 Å². The lowest BCUT2D eigenvalue weighted by Crippen LogP contribution is -2.37. The lowest BCUT2D eigenvalue weighted by Gasteiger charge is -2.29. The van der Waals surface area contributed by atoms with Crippen molar-refractivity contribution in [1.29, 1.82) is 0 Å². The summed E-state index contributed by atoms with van der Waals surface area (Å²) >= 11 is 0. The van der Waals surface area contributed by atoms with E-state index in [4.69, 9.17) is 0 Å². The van der Waals surface area contributed by atoms with Gasteiger partial charge in [-0.15, -0.1) is 0 Å². The summed E-state index contributed by atoms with van der Waals surface area (Å²) in [6.07, 6.45) is 4.97. The number of anilines is 2. The molecular weight excluding hydrogens is 362 g/mol. The second kappa shape index (κ2) is 10.6. The van der Waals surface area contributed by atoms with Crippen LogP contribution in [-0.4, -0.2) is 38.0 Å². The van der Waals surface area contributed by atoms with Crippen LogP contribution in [-0.2, 0) is 16.0 Å². The highest BCUT2D eigenvalue weighted by atomic mass is 16.2. The van der Waals surface area contributed by atoms with E-state index in [1.54, 1.807) is 11.8 Å². The van der Waals surface area contributed by atoms with Crippen LogP contribution in [0.3, 0.4) is 0 Å². The fourth-order valence-electron chi connectivity index (χ4n) is 3.76. The fourth-order valence-corrected chi connectivity index (χ4v) is 3.76. The van der Waals surface area contributed by atoms with E-state index in [2.05, 4.69) is 22.3 Å². The number of rotatable bonds is 8. The summed E-state index contributed by atoms with van der Waals surface area (Å²) in [5.74, 6) is -0.00735. The van der Waals surface area contributed by atoms with Gasteiger partial charge in [0.15, 0.2) is 0 Å². The number of hydrogen-bond acceptors (Lipinski definition) is 3. The van der Waals surface area contributed by atoms with E-state index in [1.165, 1.54) is 24.9 Å². The molecule has 0 aliphatic carbocycles. The van der Waals surface area contributed by atoms with Gasteiger partial charge in [0.2, 0.25) is 11.8 Å². The number of piperidine rings is 1. The first-order chi connectivity index (χ1) is 14.1. The van der Waals surface area contributed by atoms with Crippen molar-refractivity contribution in [1.82, 2.24) is 5.32 Å². The van der Waals surface area contributed by atoms with Crippen LogP contribution < -0.4 is 15.1 Å². The Morgan fingerprint density at radius 3 is 2.31 bits per heavy atom. The Bertz CT molecular complexity index is 784. The number of nitrogens with zero attached hydrogens (tertiary/aromatic N) is 2. The molecule has 1 fully saturated rings. The summed E-state index contributed by atoms with van der Waals surface area (Å²) in [4.78, 5) is 28.3. The zero-order chi connectivity index (χ0) is 20.5. The Kier molecular flexibility index (Phi) is 7.68. The molecule has 0 unspecified atom stereocenters. The molecule has 1 aliphatic rings. The maximum absolute atomic E-state index is 12.1. The molecule has 5 heteroatoms. The number of carbonyl (C=O) groups is 2. The minimum atomic E-state index is -0.0192. The Morgan fingerprint density at radius 1 is 0.966 bits per heavy atom. The topological polar surface area (TPSA) is 52.7 Å². The number of amides is 2. The lowest BCUT2D eigenvalue weighted by atomic mass is 10.1. The third kappa shape index (κ3) is 6.34. The third-order valence-electron chi connectivity index (χ3n) is 5.40. The number of nitrogens with one attached hydrogen (secondary N) is 1. The van der Waals surface area contributed by atoms with E-state index in [9.17, 15) is 9.59 Å². The molecule has 0 bridgehead atoms. The van der Waals surface area contributed by atoms with Gasteiger partial charge in [-0.2, -0.15) is 0 Å². The number of carbonyl (C=O) groups excluding carboxylic acids is 2. The van der Waals surface area contributed by atoms with Crippen LogP contribution in [0.25, 0.3) is 0 Å². The van der Waals surface area contributed by atoms with Crippen LogP contribution in [0.2, 0.25) is 0 Å².